The Balaban J connectivity index is 0. The molecule has 0 aromatic rings. The van der Waals surface area contributed by atoms with Crippen molar-refractivity contribution in [2.45, 2.75) is 53.4 Å². The van der Waals surface area contributed by atoms with E-state index in [0.29, 0.717) is 0 Å². The second-order valence-electron chi connectivity index (χ2n) is 4.33. The van der Waals surface area contributed by atoms with E-state index in [1.165, 1.54) is 25.7 Å². The van der Waals surface area contributed by atoms with Gasteiger partial charge in [-0.25, -0.2) is 0 Å². The third-order valence-corrected chi connectivity index (χ3v) is 2.37. The molecule has 0 aromatic carbocycles. The van der Waals surface area contributed by atoms with E-state index >= 15 is 0 Å². The maximum atomic E-state index is 5.66. The lowest BCUT2D eigenvalue weighted by Crippen LogP contribution is -2.11. The van der Waals surface area contributed by atoms with E-state index in [2.05, 4.69) is 27.7 Å². The van der Waals surface area contributed by atoms with Crippen molar-refractivity contribution in [1.82, 2.24) is 0 Å². The van der Waals surface area contributed by atoms with E-state index in [1.54, 1.807) is 0 Å². The topological polar surface area (TPSA) is 9.23 Å². The van der Waals surface area contributed by atoms with Crippen LogP contribution in [0.1, 0.15) is 53.4 Å². The maximum absolute atomic E-state index is 5.66. The van der Waals surface area contributed by atoms with Crippen LogP contribution in [0.15, 0.2) is 0 Å². The molecule has 2 unspecified atom stereocenters. The quantitative estimate of drug-likeness (QED) is 0.558. The van der Waals surface area contributed by atoms with Gasteiger partial charge >= 0.3 is 0 Å². The van der Waals surface area contributed by atoms with Crippen LogP contribution in [0.4, 0.5) is 0 Å². The normalized spacial score (nSPS) is 14.6. The molecule has 2 radical (unpaired) electrons. The Labute approximate surface area is 106 Å². The Morgan fingerprint density at radius 3 is 1.50 bits per heavy atom. The van der Waals surface area contributed by atoms with Gasteiger partial charge in [0.05, 0.1) is 0 Å². The Morgan fingerprint density at radius 2 is 1.21 bits per heavy atom. The molecule has 1 nitrogen and oxygen atoms in total. The molecule has 2 atom stereocenters. The molecule has 0 spiro atoms. The van der Waals surface area contributed by atoms with Crippen LogP contribution in [0.5, 0.6) is 0 Å². The predicted octanol–water partition coefficient (Wildman–Crippen LogP) is 3.49. The van der Waals surface area contributed by atoms with Crippen LogP contribution in [0.3, 0.4) is 0 Å². The van der Waals surface area contributed by atoms with Crippen molar-refractivity contribution in [3.63, 3.8) is 0 Å². The first-order valence-corrected chi connectivity index (χ1v) is 5.78. The lowest BCUT2D eigenvalue weighted by atomic mass is 10.1. The summed E-state index contributed by atoms with van der Waals surface area (Å²) >= 11 is 0. The Kier molecular flexibility index (Phi) is 14.4. The lowest BCUT2D eigenvalue weighted by molar-refractivity contribution is 0.0751. The molecule has 0 N–H and O–H groups in total. The largest absolute Gasteiger partial charge is 0.381 e. The number of hydrogen-bond acceptors (Lipinski definition) is 1. The molecule has 14 heavy (non-hydrogen) atoms. The third kappa shape index (κ3) is 10.8. The predicted molar refractivity (Wildman–Crippen MR) is 64.7 cm³/mol. The zero-order chi connectivity index (χ0) is 10.1. The van der Waals surface area contributed by atoms with E-state index in [1.807, 2.05) is 0 Å². The summed E-state index contributed by atoms with van der Waals surface area (Å²) in [5.74, 6) is 1.47. The molecule has 0 aliphatic rings. The van der Waals surface area contributed by atoms with E-state index < -0.39 is 0 Å². The highest BCUT2D eigenvalue weighted by Crippen LogP contribution is 2.08. The summed E-state index contributed by atoms with van der Waals surface area (Å²) in [6.07, 6.45) is 5.13. The number of rotatable bonds is 8. The molecule has 0 saturated carbocycles. The van der Waals surface area contributed by atoms with E-state index in [0.717, 1.165) is 25.0 Å². The van der Waals surface area contributed by atoms with Gasteiger partial charge in [-0.15, -0.1) is 0 Å². The van der Waals surface area contributed by atoms with Gasteiger partial charge < -0.3 is 4.74 Å². The SMILES string of the molecule is CCCC(C)COCC(C)CCC.[Mg]. The zero-order valence-corrected chi connectivity index (χ0v) is 11.9. The van der Waals surface area contributed by atoms with Gasteiger partial charge in [0, 0.05) is 36.3 Å². The monoisotopic (exact) mass is 210 g/mol. The van der Waals surface area contributed by atoms with Crippen molar-refractivity contribution in [3.8, 4) is 0 Å². The van der Waals surface area contributed by atoms with Crippen molar-refractivity contribution in [3.05, 3.63) is 0 Å². The van der Waals surface area contributed by atoms with Crippen molar-refractivity contribution >= 4 is 23.1 Å². The first kappa shape index (κ1) is 17.1. The van der Waals surface area contributed by atoms with Crippen LogP contribution in [-0.4, -0.2) is 36.3 Å². The summed E-state index contributed by atoms with van der Waals surface area (Å²) in [6.45, 7) is 10.9. The zero-order valence-electron chi connectivity index (χ0n) is 10.5. The van der Waals surface area contributed by atoms with Crippen LogP contribution in [0, 0.1) is 11.8 Å². The fourth-order valence-electron chi connectivity index (χ4n) is 1.62. The average Bonchev–Trinajstić information content (AvgIpc) is 2.05. The van der Waals surface area contributed by atoms with Gasteiger partial charge in [-0.3, -0.25) is 0 Å². The summed E-state index contributed by atoms with van der Waals surface area (Å²) in [5, 5.41) is 0. The van der Waals surface area contributed by atoms with Gasteiger partial charge in [0.15, 0.2) is 0 Å². The van der Waals surface area contributed by atoms with E-state index in [9.17, 15) is 0 Å². The van der Waals surface area contributed by atoms with Crippen molar-refractivity contribution in [1.29, 1.82) is 0 Å². The Hall–Kier alpha value is 0.726. The number of ether oxygens (including phenoxy) is 1. The molecular formula is C12H26MgO. The fourth-order valence-corrected chi connectivity index (χ4v) is 1.62. The average molecular weight is 211 g/mol. The highest BCUT2D eigenvalue weighted by atomic mass is 24.3. The number of hydrogen-bond donors (Lipinski definition) is 0. The maximum Gasteiger partial charge on any atom is 0.0491 e. The standard InChI is InChI=1S/C12H26O.Mg/c1-5-7-11(3)9-13-10-12(4)8-6-2;/h11-12H,5-10H2,1-4H3;. The van der Waals surface area contributed by atoms with Crippen LogP contribution < -0.4 is 0 Å². The van der Waals surface area contributed by atoms with Gasteiger partial charge in [0.25, 0.3) is 0 Å². The lowest BCUT2D eigenvalue weighted by Gasteiger charge is -2.14. The molecule has 0 aliphatic heterocycles. The van der Waals surface area contributed by atoms with Gasteiger partial charge in [0.1, 0.15) is 0 Å². The molecule has 0 aliphatic carbocycles. The van der Waals surface area contributed by atoms with E-state index in [4.69, 9.17) is 4.74 Å². The molecule has 0 saturated heterocycles. The van der Waals surface area contributed by atoms with Gasteiger partial charge in [-0.2, -0.15) is 0 Å². The summed E-state index contributed by atoms with van der Waals surface area (Å²) < 4.78 is 5.66. The molecule has 0 aromatic heterocycles. The Morgan fingerprint density at radius 1 is 0.857 bits per heavy atom. The van der Waals surface area contributed by atoms with Gasteiger partial charge in [0.2, 0.25) is 0 Å². The summed E-state index contributed by atoms with van der Waals surface area (Å²) in [4.78, 5) is 0. The van der Waals surface area contributed by atoms with Crippen LogP contribution in [-0.2, 0) is 4.74 Å². The third-order valence-electron chi connectivity index (χ3n) is 2.37. The highest BCUT2D eigenvalue weighted by Gasteiger charge is 2.03. The highest BCUT2D eigenvalue weighted by molar-refractivity contribution is 5.75. The minimum Gasteiger partial charge on any atom is -0.381 e. The second-order valence-corrected chi connectivity index (χ2v) is 4.33. The molecule has 82 valence electrons. The molecule has 0 bridgehead atoms. The van der Waals surface area contributed by atoms with Crippen LogP contribution >= 0.6 is 0 Å². The first-order valence-electron chi connectivity index (χ1n) is 5.78. The van der Waals surface area contributed by atoms with Gasteiger partial charge in [-0.1, -0.05) is 40.5 Å². The Bertz CT molecular complexity index is 94.5. The minimum atomic E-state index is 0. The molecule has 0 rings (SSSR count). The molecule has 2 heteroatoms. The van der Waals surface area contributed by atoms with Crippen molar-refractivity contribution in [2.75, 3.05) is 13.2 Å². The second kappa shape index (κ2) is 11.8. The minimum absolute atomic E-state index is 0. The van der Waals surface area contributed by atoms with Gasteiger partial charge in [-0.05, 0) is 24.7 Å². The van der Waals surface area contributed by atoms with Crippen molar-refractivity contribution < 1.29 is 4.74 Å². The molecule has 0 fully saturated rings. The summed E-state index contributed by atoms with van der Waals surface area (Å²) in [6, 6.07) is 0. The molecule has 0 amide bonds. The first-order chi connectivity index (χ1) is 6.20. The molecular weight excluding hydrogens is 184 g/mol. The summed E-state index contributed by atoms with van der Waals surface area (Å²) in [5.41, 5.74) is 0. The smallest absolute Gasteiger partial charge is 0.0491 e. The summed E-state index contributed by atoms with van der Waals surface area (Å²) in [7, 11) is 0. The fraction of sp³-hybridized carbons (Fsp3) is 1.00. The van der Waals surface area contributed by atoms with Crippen LogP contribution in [0.25, 0.3) is 0 Å². The molecule has 0 heterocycles. The van der Waals surface area contributed by atoms with Crippen LogP contribution in [0.2, 0.25) is 0 Å². The van der Waals surface area contributed by atoms with E-state index in [-0.39, 0.29) is 23.1 Å². The van der Waals surface area contributed by atoms with Crippen molar-refractivity contribution in [2.24, 2.45) is 11.8 Å².